The Morgan fingerprint density at radius 1 is 0.889 bits per heavy atom. The van der Waals surface area contributed by atoms with Gasteiger partial charge in [-0.1, -0.05) is 45.3 Å². The van der Waals surface area contributed by atoms with Gasteiger partial charge in [-0.3, -0.25) is 4.90 Å². The zero-order valence-corrected chi connectivity index (χ0v) is 24.1. The fourth-order valence-corrected chi connectivity index (χ4v) is 11.5. The third-order valence-corrected chi connectivity index (χ3v) is 14.2. The number of aliphatic hydroxyl groups is 1. The summed E-state index contributed by atoms with van der Waals surface area (Å²) in [7, 11) is -3.33. The van der Waals surface area contributed by atoms with Gasteiger partial charge in [0.15, 0.2) is 0 Å². The van der Waals surface area contributed by atoms with Crippen molar-refractivity contribution in [3.05, 3.63) is 12.2 Å². The van der Waals surface area contributed by atoms with Gasteiger partial charge >= 0.3 is 0 Å². The lowest BCUT2D eigenvalue weighted by Gasteiger charge is -2.59. The number of rotatable bonds is 5. The van der Waals surface area contributed by atoms with Crippen molar-refractivity contribution >= 4 is 21.6 Å². The second kappa shape index (κ2) is 11.5. The maximum absolute atomic E-state index is 13.8. The van der Waals surface area contributed by atoms with Gasteiger partial charge in [0.2, 0.25) is 10.0 Å². The summed E-state index contributed by atoms with van der Waals surface area (Å²) in [5.41, 5.74) is 0. The number of halogens is 1. The van der Waals surface area contributed by atoms with E-state index in [1.54, 1.807) is 0 Å². The molecule has 1 N–H and O–H groups in total. The molecule has 0 radical (unpaired) electrons. The molecule has 5 nitrogen and oxygen atoms in total. The highest BCUT2D eigenvalue weighted by Gasteiger charge is 2.53. The number of aliphatic hydroxyl groups excluding tert-OH is 1. The van der Waals surface area contributed by atoms with Crippen LogP contribution in [0.1, 0.15) is 84.5 Å². The van der Waals surface area contributed by atoms with E-state index in [4.69, 9.17) is 11.6 Å². The zero-order valence-electron chi connectivity index (χ0n) is 22.5. The van der Waals surface area contributed by atoms with E-state index in [1.807, 2.05) is 10.4 Å². The number of nitrogens with zero attached hydrogens (tertiary/aromatic N) is 2. The van der Waals surface area contributed by atoms with Crippen LogP contribution >= 0.6 is 11.6 Å². The molecule has 36 heavy (non-hydrogen) atoms. The Bertz CT molecular complexity index is 874. The molecular weight excluding hydrogens is 492 g/mol. The molecule has 1 saturated heterocycles. The average molecular weight is 541 g/mol. The predicted octanol–water partition coefficient (Wildman–Crippen LogP) is 5.28. The molecule has 0 aromatic rings. The van der Waals surface area contributed by atoms with Crippen LogP contribution in [0.15, 0.2) is 12.2 Å². The fraction of sp³-hybridized carbons (Fsp3) is 0.931. The highest BCUT2D eigenvalue weighted by Crippen LogP contribution is 2.49. The Morgan fingerprint density at radius 3 is 2.31 bits per heavy atom. The van der Waals surface area contributed by atoms with E-state index in [0.717, 1.165) is 44.1 Å². The maximum Gasteiger partial charge on any atom is 0.217 e. The molecule has 0 aromatic carbocycles. The number of hydrogen-bond donors (Lipinski definition) is 1. The molecule has 8 atom stereocenters. The van der Waals surface area contributed by atoms with Crippen molar-refractivity contribution in [1.29, 1.82) is 0 Å². The average Bonchev–Trinajstić information content (AvgIpc) is 2.85. The monoisotopic (exact) mass is 540 g/mol. The Kier molecular flexibility index (Phi) is 8.79. The van der Waals surface area contributed by atoms with Crippen LogP contribution in [0.4, 0.5) is 0 Å². The van der Waals surface area contributed by atoms with Crippen molar-refractivity contribution < 1.29 is 13.5 Å². The Hall–Kier alpha value is -0.140. The molecule has 0 spiro atoms. The SMILES string of the molecule is CC1CCCCC1S(=O)(=O)N1C/C=C\CN2C(C1)[C@H](C1CCC(C3CCCC(Cl)C3C)CC1)[C@H]2CO. The highest BCUT2D eigenvalue weighted by atomic mass is 35.5. The first-order valence-corrected chi connectivity index (χ1v) is 16.9. The van der Waals surface area contributed by atoms with Crippen molar-refractivity contribution in [1.82, 2.24) is 9.21 Å². The van der Waals surface area contributed by atoms with Crippen LogP contribution in [0.5, 0.6) is 0 Å². The molecule has 2 heterocycles. The van der Waals surface area contributed by atoms with Gasteiger partial charge in [-0.25, -0.2) is 8.42 Å². The minimum absolute atomic E-state index is 0.165. The molecule has 6 unspecified atom stereocenters. The van der Waals surface area contributed by atoms with Gasteiger partial charge in [-0.15, -0.1) is 11.6 Å². The molecular formula is C29H49ClN2O3S. The fourth-order valence-electron chi connectivity index (χ4n) is 8.96. The molecule has 5 aliphatic rings. The highest BCUT2D eigenvalue weighted by molar-refractivity contribution is 7.89. The molecule has 3 aliphatic carbocycles. The summed E-state index contributed by atoms with van der Waals surface area (Å²) in [5.74, 6) is 3.39. The smallest absolute Gasteiger partial charge is 0.217 e. The second-order valence-corrected chi connectivity index (χ2v) is 15.6. The first-order chi connectivity index (χ1) is 17.3. The standard InChI is InChI=1S/C29H49ClN2O3S/c1-20-8-3-4-11-28(20)36(34,35)31-16-5-6-17-32-26(18-31)29(27(32)19-33)23-14-12-22(13-15-23)24-9-7-10-25(30)21(24)2/h5-6,20-29,33H,3-4,7-19H2,1-2H3/b6-5-/t20?,21?,22?,23?,24?,25?,26?,27-,28?,29+/m1/s1. The molecule has 0 bridgehead atoms. The molecule has 4 fully saturated rings. The quantitative estimate of drug-likeness (QED) is 0.381. The van der Waals surface area contributed by atoms with E-state index in [1.165, 1.54) is 44.9 Å². The van der Waals surface area contributed by atoms with Crippen LogP contribution in [0, 0.1) is 35.5 Å². The van der Waals surface area contributed by atoms with Crippen molar-refractivity contribution in [2.45, 2.75) is 107 Å². The van der Waals surface area contributed by atoms with Gasteiger partial charge in [0.25, 0.3) is 0 Å². The summed E-state index contributed by atoms with van der Waals surface area (Å²) in [6.45, 7) is 6.58. The molecule has 7 heteroatoms. The van der Waals surface area contributed by atoms with E-state index in [0.29, 0.717) is 36.2 Å². The van der Waals surface area contributed by atoms with Gasteiger partial charge in [0, 0.05) is 37.1 Å². The van der Waals surface area contributed by atoms with Gasteiger partial charge in [-0.05, 0) is 86.9 Å². The van der Waals surface area contributed by atoms with E-state index in [2.05, 4.69) is 24.8 Å². The first-order valence-electron chi connectivity index (χ1n) is 15.0. The van der Waals surface area contributed by atoms with Crippen molar-refractivity contribution in [2.24, 2.45) is 35.5 Å². The summed E-state index contributed by atoms with van der Waals surface area (Å²) in [6, 6.07) is 0.390. The number of sulfonamides is 1. The third kappa shape index (κ3) is 5.20. The Labute approximate surface area is 225 Å². The van der Waals surface area contributed by atoms with Crippen LogP contribution in [0.25, 0.3) is 0 Å². The molecule has 2 aliphatic heterocycles. The zero-order chi connectivity index (χ0) is 25.4. The lowest BCUT2D eigenvalue weighted by atomic mass is 9.61. The predicted molar refractivity (Wildman–Crippen MR) is 148 cm³/mol. The lowest BCUT2D eigenvalue weighted by Crippen LogP contribution is -2.71. The maximum atomic E-state index is 13.8. The Balaban J connectivity index is 1.28. The second-order valence-electron chi connectivity index (χ2n) is 12.9. The molecule has 0 aromatic heterocycles. The summed E-state index contributed by atoms with van der Waals surface area (Å²) >= 11 is 6.66. The van der Waals surface area contributed by atoms with Crippen molar-refractivity contribution in [3.63, 3.8) is 0 Å². The molecule has 0 amide bonds. The van der Waals surface area contributed by atoms with E-state index in [9.17, 15) is 13.5 Å². The van der Waals surface area contributed by atoms with Gasteiger partial charge in [0.05, 0.1) is 11.9 Å². The van der Waals surface area contributed by atoms with Crippen molar-refractivity contribution in [2.75, 3.05) is 26.2 Å². The number of alkyl halides is 1. The largest absolute Gasteiger partial charge is 0.395 e. The normalized spacial score (nSPS) is 46.2. The summed E-state index contributed by atoms with van der Waals surface area (Å²) in [6.07, 6.45) is 16.9. The van der Waals surface area contributed by atoms with Crippen molar-refractivity contribution in [3.8, 4) is 0 Å². The number of fused-ring (bicyclic) bond motifs is 1. The summed E-state index contributed by atoms with van der Waals surface area (Å²) in [5, 5.41) is 10.5. The first kappa shape index (κ1) is 27.4. The third-order valence-electron chi connectivity index (χ3n) is 11.1. The molecule has 206 valence electrons. The van der Waals surface area contributed by atoms with E-state index < -0.39 is 10.0 Å². The summed E-state index contributed by atoms with van der Waals surface area (Å²) < 4.78 is 29.4. The minimum Gasteiger partial charge on any atom is -0.395 e. The van der Waals surface area contributed by atoms with Gasteiger partial charge in [0.1, 0.15) is 0 Å². The minimum atomic E-state index is -3.33. The lowest BCUT2D eigenvalue weighted by molar-refractivity contribution is -0.114. The molecule has 3 saturated carbocycles. The Morgan fingerprint density at radius 2 is 1.58 bits per heavy atom. The van der Waals surface area contributed by atoms with Crippen LogP contribution in [0.3, 0.4) is 0 Å². The van der Waals surface area contributed by atoms with Gasteiger partial charge < -0.3 is 5.11 Å². The van der Waals surface area contributed by atoms with Crippen LogP contribution in [-0.4, -0.2) is 71.7 Å². The van der Waals surface area contributed by atoms with Crippen LogP contribution in [0.2, 0.25) is 0 Å². The molecule has 5 rings (SSSR count). The van der Waals surface area contributed by atoms with E-state index >= 15 is 0 Å². The summed E-state index contributed by atoms with van der Waals surface area (Å²) in [4.78, 5) is 2.39. The van der Waals surface area contributed by atoms with Gasteiger partial charge in [-0.2, -0.15) is 4.31 Å². The van der Waals surface area contributed by atoms with Crippen LogP contribution < -0.4 is 0 Å². The number of hydrogen-bond acceptors (Lipinski definition) is 4. The van der Waals surface area contributed by atoms with Crippen LogP contribution in [-0.2, 0) is 10.0 Å². The van der Waals surface area contributed by atoms with E-state index in [-0.39, 0.29) is 29.9 Å². The topological polar surface area (TPSA) is 60.9 Å².